The normalized spacial score (nSPS) is 39.0. The molecule has 5 amide bonds. The van der Waals surface area contributed by atoms with Gasteiger partial charge in [-0.15, -0.1) is 0 Å². The lowest BCUT2D eigenvalue weighted by molar-refractivity contribution is -0.368. The van der Waals surface area contributed by atoms with Gasteiger partial charge in [-0.1, -0.05) is 70.4 Å². The Hall–Kier alpha value is -4.40. The van der Waals surface area contributed by atoms with Crippen LogP contribution in [0.15, 0.2) is 12.2 Å². The van der Waals surface area contributed by atoms with Gasteiger partial charge in [-0.2, -0.15) is 0 Å². The van der Waals surface area contributed by atoms with Crippen LogP contribution in [-0.2, 0) is 90.3 Å². The van der Waals surface area contributed by atoms with E-state index in [1.54, 1.807) is 0 Å². The molecule has 6 saturated heterocycles. The van der Waals surface area contributed by atoms with Gasteiger partial charge in [-0.05, 0) is 39.0 Å². The number of amides is 5. The van der Waals surface area contributed by atoms with Gasteiger partial charge in [0, 0.05) is 48.1 Å². The third kappa shape index (κ3) is 24.1. The molecule has 0 aliphatic carbocycles. The van der Waals surface area contributed by atoms with Crippen molar-refractivity contribution >= 4 is 35.5 Å². The Morgan fingerprint density at radius 2 is 0.782 bits per heavy atom. The Balaban J connectivity index is 1.17. The highest BCUT2D eigenvalue weighted by Crippen LogP contribution is 2.37. The maximum Gasteiger partial charge on any atom is 0.302 e. The molecule has 6 aliphatic heterocycles. The summed E-state index contributed by atoms with van der Waals surface area (Å²) in [4.78, 5) is 76.7. The maximum atomic E-state index is 13.6. The Morgan fingerprint density at radius 1 is 0.396 bits per heavy atom. The van der Waals surface area contributed by atoms with Gasteiger partial charge in [-0.3, -0.25) is 28.8 Å². The average Bonchev–Trinajstić information content (AvgIpc) is 0.774. The number of nitrogens with one attached hydrogen (secondary N) is 5. The molecule has 0 aromatic heterocycles. The van der Waals surface area contributed by atoms with Crippen molar-refractivity contribution in [3.63, 3.8) is 0 Å². The molecule has 0 radical (unpaired) electrons. The molecule has 17 N–H and O–H groups in total. The average molecular weight is 1460 g/mol. The molecule has 6 heterocycles. The quantitative estimate of drug-likeness (QED) is 0.0157. The Morgan fingerprint density at radius 3 is 1.20 bits per heavy atom. The number of hydrogen-bond acceptors (Lipinski definition) is 31. The van der Waals surface area contributed by atoms with E-state index in [2.05, 4.69) is 45.7 Å². The van der Waals surface area contributed by atoms with Crippen molar-refractivity contribution in [3.8, 4) is 0 Å². The first-order chi connectivity index (χ1) is 48.1. The third-order valence-corrected chi connectivity index (χ3v) is 18.5. The van der Waals surface area contributed by atoms with Crippen LogP contribution in [0.4, 0.5) is 0 Å². The molecule has 0 bridgehead atoms. The SMILES string of the molecule is CCCCCC/C=C\CCCCCCCCCC(=O)N[C@@H]1C(O[C@@H]2C(CO)O[C@@H](O[C@@H]3C(CO)O[C@@H](O[C@@H]4C(CO)O[C@@H](O[C@@H]5C(COC6OC(C)[C@@H](O)C(O)[C@H]6OC)O[C@@H](O)C(NC(C)=O)[C@H]5O)C(NC(C)=O)[C@H]4O)C(NC(C)=O)[C@H]3O)C(NC(C)=O)[C@H]2O)OC(COC(C)=O)[C@@H](O)[C@@H]1O. The van der Waals surface area contributed by atoms with E-state index in [0.29, 0.717) is 6.42 Å². The van der Waals surface area contributed by atoms with Gasteiger partial charge >= 0.3 is 5.97 Å². The predicted molar refractivity (Wildman–Crippen MR) is 344 cm³/mol. The molecule has 6 fully saturated rings. The van der Waals surface area contributed by atoms with E-state index in [0.717, 1.165) is 86.0 Å². The smallest absolute Gasteiger partial charge is 0.302 e. The van der Waals surface area contributed by atoms with Gasteiger partial charge < -0.3 is 149 Å². The number of hydrogen-bond donors (Lipinski definition) is 17. The second-order valence-electron chi connectivity index (χ2n) is 26.5. The Labute approximate surface area is 586 Å². The fourth-order valence-electron chi connectivity index (χ4n) is 13.2. The minimum atomic E-state index is -2.06. The van der Waals surface area contributed by atoms with E-state index in [4.69, 9.17) is 61.6 Å². The number of ether oxygens (including phenoxy) is 13. The standard InChI is InChI=1S/C65H111N5O31/c1-9-10-11-12-13-14-15-16-17-18-19-20-21-22-23-24-41(79)70-43-49(82)48(81)39(28-90-35(7)78)97-61(43)98-55-36(25-71)94-62(44(51(55)84)67-32(4)75)99-56-37(26-72)95-63(45(52(56)85)68-33(5)76)100-57-38(27-73)96-64(46(53(57)86)69-34(6)77)101-58-40(93-60(88)42(50(58)83)66-31(3)74)29-91-65-59(89-8)54(87)47(80)30(2)92-65/h14-15,30,36-40,42-65,71-73,80-88H,9-13,16-29H2,1-8H3,(H,66,74)(H,67,75)(H,68,76)(H,69,77)(H,70,79)/b15-14-/t30?,36?,37?,38?,39?,40?,42?,43-,44?,45?,46?,47+,48+,49+,50+,51+,52+,53+,54?,55+,56+,57+,58+,59+,60+,61?,62-,63-,64-,65?/m0/s1. The highest BCUT2D eigenvalue weighted by Gasteiger charge is 2.58. The molecule has 36 heteroatoms. The molecule has 6 aliphatic rings. The number of allylic oxidation sites excluding steroid dienone is 2. The van der Waals surface area contributed by atoms with E-state index < -0.39 is 252 Å². The van der Waals surface area contributed by atoms with Crippen molar-refractivity contribution in [1.29, 1.82) is 0 Å². The molecule has 101 heavy (non-hydrogen) atoms. The van der Waals surface area contributed by atoms with Crippen LogP contribution in [0.3, 0.4) is 0 Å². The lowest BCUT2D eigenvalue weighted by Crippen LogP contribution is -2.72. The molecule has 0 aromatic rings. The molecule has 6 rings (SSSR count). The van der Waals surface area contributed by atoms with Gasteiger partial charge in [0.25, 0.3) is 0 Å². The first-order valence-electron chi connectivity index (χ1n) is 34.9. The van der Waals surface area contributed by atoms with Gasteiger partial charge in [0.05, 0.1) is 32.5 Å². The van der Waals surface area contributed by atoms with Crippen LogP contribution < -0.4 is 26.6 Å². The number of carbonyl (C=O) groups excluding carboxylic acids is 6. The number of unbranched alkanes of at least 4 members (excludes halogenated alkanes) is 11. The zero-order valence-electron chi connectivity index (χ0n) is 58.5. The van der Waals surface area contributed by atoms with Crippen molar-refractivity contribution in [2.24, 2.45) is 0 Å². The Bertz CT molecular complexity index is 2570. The van der Waals surface area contributed by atoms with Gasteiger partial charge in [0.15, 0.2) is 37.7 Å². The number of rotatable bonds is 37. The summed E-state index contributed by atoms with van der Waals surface area (Å²) >= 11 is 0. The van der Waals surface area contributed by atoms with Crippen LogP contribution in [0.1, 0.15) is 138 Å². The highest BCUT2D eigenvalue weighted by atomic mass is 16.8. The van der Waals surface area contributed by atoms with E-state index >= 15 is 0 Å². The fraction of sp³-hybridized carbons (Fsp3) is 0.877. The number of esters is 1. The maximum absolute atomic E-state index is 13.6. The van der Waals surface area contributed by atoms with Crippen molar-refractivity contribution < 1.29 is 152 Å². The summed E-state index contributed by atoms with van der Waals surface area (Å²) in [7, 11) is 1.21. The second kappa shape index (κ2) is 42.1. The molecular weight excluding hydrogens is 1350 g/mol. The minimum absolute atomic E-state index is 0.00347. The van der Waals surface area contributed by atoms with E-state index in [1.807, 2.05) is 0 Å². The van der Waals surface area contributed by atoms with E-state index in [9.17, 15) is 90.0 Å². The monoisotopic (exact) mass is 1460 g/mol. The fourth-order valence-corrected chi connectivity index (χ4v) is 13.2. The summed E-state index contributed by atoms with van der Waals surface area (Å²) in [5.41, 5.74) is 0. The summed E-state index contributed by atoms with van der Waals surface area (Å²) in [6.07, 6.45) is -25.3. The number of aliphatic hydroxyl groups is 12. The lowest BCUT2D eigenvalue weighted by Gasteiger charge is -2.51. The first-order valence-corrected chi connectivity index (χ1v) is 34.9. The number of aliphatic hydroxyl groups excluding tert-OH is 12. The Kier molecular flexibility index (Phi) is 35.6. The van der Waals surface area contributed by atoms with Crippen LogP contribution in [-0.4, -0.2) is 321 Å². The summed E-state index contributed by atoms with van der Waals surface area (Å²) < 4.78 is 77.4. The largest absolute Gasteiger partial charge is 0.463 e. The first kappa shape index (κ1) is 85.5. The zero-order valence-corrected chi connectivity index (χ0v) is 58.5. The topological polar surface area (TPSA) is 525 Å². The molecule has 30 atom stereocenters. The van der Waals surface area contributed by atoms with Gasteiger partial charge in [-0.25, -0.2) is 0 Å². The third-order valence-electron chi connectivity index (χ3n) is 18.5. The van der Waals surface area contributed by atoms with Gasteiger partial charge in [0.2, 0.25) is 29.5 Å². The second-order valence-corrected chi connectivity index (χ2v) is 26.5. The van der Waals surface area contributed by atoms with Crippen LogP contribution in [0.25, 0.3) is 0 Å². The van der Waals surface area contributed by atoms with Crippen LogP contribution in [0.2, 0.25) is 0 Å². The summed E-state index contributed by atoms with van der Waals surface area (Å²) in [6.45, 7) is 4.63. The molecule has 13 unspecified atom stereocenters. The summed E-state index contributed by atoms with van der Waals surface area (Å²) in [5.74, 6) is -4.53. The molecule has 0 aromatic carbocycles. The highest BCUT2D eigenvalue weighted by molar-refractivity contribution is 5.76. The lowest BCUT2D eigenvalue weighted by atomic mass is 9.93. The van der Waals surface area contributed by atoms with Crippen LogP contribution in [0.5, 0.6) is 0 Å². The van der Waals surface area contributed by atoms with Gasteiger partial charge in [0.1, 0.15) is 147 Å². The number of methoxy groups -OCH3 is 1. The zero-order chi connectivity index (χ0) is 74.4. The van der Waals surface area contributed by atoms with Crippen molar-refractivity contribution in [2.45, 2.75) is 322 Å². The predicted octanol–water partition coefficient (Wildman–Crippen LogP) is -5.11. The molecular formula is C65H111N5O31. The molecule has 36 nitrogen and oxygen atoms in total. The minimum Gasteiger partial charge on any atom is -0.463 e. The van der Waals surface area contributed by atoms with Crippen molar-refractivity contribution in [2.75, 3.05) is 40.1 Å². The van der Waals surface area contributed by atoms with E-state index in [-0.39, 0.29) is 6.42 Å². The van der Waals surface area contributed by atoms with Crippen LogP contribution >= 0.6 is 0 Å². The molecule has 0 saturated carbocycles. The van der Waals surface area contributed by atoms with Crippen LogP contribution in [0, 0.1) is 0 Å². The molecule has 582 valence electrons. The van der Waals surface area contributed by atoms with Crippen molar-refractivity contribution in [1.82, 2.24) is 26.6 Å². The molecule has 0 spiro atoms. The summed E-state index contributed by atoms with van der Waals surface area (Å²) in [5, 5.41) is 149. The summed E-state index contributed by atoms with van der Waals surface area (Å²) in [6, 6.07) is -8.44. The van der Waals surface area contributed by atoms with Crippen molar-refractivity contribution in [3.05, 3.63) is 12.2 Å². The van der Waals surface area contributed by atoms with E-state index in [1.165, 1.54) is 39.7 Å². The number of carbonyl (C=O) groups is 6.